The van der Waals surface area contributed by atoms with Gasteiger partial charge in [-0.15, -0.1) is 0 Å². The molecule has 2 atom stereocenters. The number of carbonyl (C=O) groups is 1. The van der Waals surface area contributed by atoms with E-state index in [0.29, 0.717) is 18.8 Å². The zero-order valence-electron chi connectivity index (χ0n) is 11.2. The summed E-state index contributed by atoms with van der Waals surface area (Å²) in [4.78, 5) is 11.7. The summed E-state index contributed by atoms with van der Waals surface area (Å²) in [5.74, 6) is -0.375. The first-order valence-electron chi connectivity index (χ1n) is 6.16. The van der Waals surface area contributed by atoms with Crippen LogP contribution in [0.1, 0.15) is 40.5 Å². The molecule has 0 aliphatic heterocycles. The minimum Gasteiger partial charge on any atom is -0.426 e. The molecule has 0 bridgehead atoms. The Kier molecular flexibility index (Phi) is 7.42. The molecule has 5 nitrogen and oxygen atoms in total. The number of rotatable bonds is 7. The van der Waals surface area contributed by atoms with Crippen LogP contribution in [0.3, 0.4) is 0 Å². The molecule has 100 valence electrons. The van der Waals surface area contributed by atoms with Crippen molar-refractivity contribution in [1.29, 1.82) is 0 Å². The van der Waals surface area contributed by atoms with Crippen LogP contribution >= 0.6 is 0 Å². The molecule has 0 fully saturated rings. The van der Waals surface area contributed by atoms with Crippen molar-refractivity contribution in [2.24, 2.45) is 17.6 Å². The Morgan fingerprint density at radius 1 is 1.18 bits per heavy atom. The zero-order valence-corrected chi connectivity index (χ0v) is 11.2. The maximum atomic E-state index is 11.7. The predicted molar refractivity (Wildman–Crippen MR) is 69.0 cm³/mol. The third-order valence-corrected chi connectivity index (χ3v) is 2.47. The van der Waals surface area contributed by atoms with E-state index in [4.69, 9.17) is 5.73 Å². The lowest BCUT2D eigenvalue weighted by atomic mass is 9.75. The van der Waals surface area contributed by atoms with Gasteiger partial charge in [0.05, 0.1) is 12.0 Å². The fourth-order valence-electron chi connectivity index (χ4n) is 1.67. The third kappa shape index (κ3) is 7.36. The smallest absolute Gasteiger partial charge is 0.426 e. The Labute approximate surface area is 104 Å². The SMILES string of the molecule is CC(C)C[C@H](NC(=O)[C@@H](N)CC(C)C)B(O)O. The lowest BCUT2D eigenvalue weighted by Crippen LogP contribution is -2.52. The summed E-state index contributed by atoms with van der Waals surface area (Å²) < 4.78 is 0. The maximum absolute atomic E-state index is 11.7. The van der Waals surface area contributed by atoms with Crippen molar-refractivity contribution in [2.45, 2.75) is 52.5 Å². The molecule has 0 aliphatic carbocycles. The topological polar surface area (TPSA) is 95.6 Å². The molecule has 0 heterocycles. The van der Waals surface area contributed by atoms with Gasteiger partial charge in [0, 0.05) is 0 Å². The summed E-state index contributed by atoms with van der Waals surface area (Å²) in [5.41, 5.74) is 5.72. The predicted octanol–water partition coefficient (Wildman–Crippen LogP) is -0.0973. The quantitative estimate of drug-likeness (QED) is 0.470. The summed E-state index contributed by atoms with van der Waals surface area (Å²) in [6.45, 7) is 7.88. The minimum atomic E-state index is -1.55. The Morgan fingerprint density at radius 2 is 1.65 bits per heavy atom. The molecular weight excluding hydrogens is 219 g/mol. The lowest BCUT2D eigenvalue weighted by molar-refractivity contribution is -0.123. The molecule has 0 aromatic rings. The van der Waals surface area contributed by atoms with Gasteiger partial charge in [-0.05, 0) is 24.7 Å². The molecule has 0 saturated heterocycles. The molecule has 0 rings (SSSR count). The van der Waals surface area contributed by atoms with Crippen molar-refractivity contribution < 1.29 is 14.8 Å². The van der Waals surface area contributed by atoms with Gasteiger partial charge in [-0.25, -0.2) is 0 Å². The van der Waals surface area contributed by atoms with Crippen LogP contribution in [-0.4, -0.2) is 35.1 Å². The van der Waals surface area contributed by atoms with Crippen LogP contribution in [0, 0.1) is 11.8 Å². The van der Waals surface area contributed by atoms with Gasteiger partial charge in [-0.1, -0.05) is 27.7 Å². The summed E-state index contributed by atoms with van der Waals surface area (Å²) in [7, 11) is -1.55. The normalized spacial score (nSPS) is 14.9. The van der Waals surface area contributed by atoms with E-state index in [1.165, 1.54) is 0 Å². The van der Waals surface area contributed by atoms with Crippen LogP contribution in [0.25, 0.3) is 0 Å². The molecule has 0 aromatic carbocycles. The van der Waals surface area contributed by atoms with Gasteiger partial charge in [0.1, 0.15) is 0 Å². The van der Waals surface area contributed by atoms with Gasteiger partial charge in [-0.3, -0.25) is 4.79 Å². The molecule has 0 aliphatic rings. The average Bonchev–Trinajstić information content (AvgIpc) is 2.14. The lowest BCUT2D eigenvalue weighted by Gasteiger charge is -2.22. The number of nitrogens with two attached hydrogens (primary N) is 1. The van der Waals surface area contributed by atoms with Crippen LogP contribution in [-0.2, 0) is 4.79 Å². The Morgan fingerprint density at radius 3 is 2.00 bits per heavy atom. The Bertz CT molecular complexity index is 235. The highest BCUT2D eigenvalue weighted by Gasteiger charge is 2.27. The van der Waals surface area contributed by atoms with Gasteiger partial charge < -0.3 is 21.1 Å². The molecule has 17 heavy (non-hydrogen) atoms. The van der Waals surface area contributed by atoms with Crippen LogP contribution in [0.5, 0.6) is 0 Å². The van der Waals surface area contributed by atoms with Crippen molar-refractivity contribution in [3.8, 4) is 0 Å². The van der Waals surface area contributed by atoms with Crippen LogP contribution in [0.2, 0.25) is 0 Å². The molecule has 0 aromatic heterocycles. The van der Waals surface area contributed by atoms with E-state index in [9.17, 15) is 14.8 Å². The molecular formula is C11H25BN2O3. The molecule has 5 N–H and O–H groups in total. The average molecular weight is 244 g/mol. The molecule has 0 unspecified atom stereocenters. The molecule has 6 heteroatoms. The van der Waals surface area contributed by atoms with Crippen LogP contribution in [0.4, 0.5) is 0 Å². The zero-order chi connectivity index (χ0) is 13.6. The number of hydrogen-bond acceptors (Lipinski definition) is 4. The van der Waals surface area contributed by atoms with E-state index in [2.05, 4.69) is 5.32 Å². The number of carbonyl (C=O) groups excluding carboxylic acids is 1. The Hall–Kier alpha value is -0.585. The molecule has 0 spiro atoms. The van der Waals surface area contributed by atoms with E-state index in [-0.39, 0.29) is 11.8 Å². The van der Waals surface area contributed by atoms with Gasteiger partial charge in [0.2, 0.25) is 5.91 Å². The fourth-order valence-corrected chi connectivity index (χ4v) is 1.67. The highest BCUT2D eigenvalue weighted by Crippen LogP contribution is 2.07. The first-order chi connectivity index (χ1) is 7.73. The number of amides is 1. The highest BCUT2D eigenvalue weighted by atomic mass is 16.4. The number of nitrogens with one attached hydrogen (secondary N) is 1. The van der Waals surface area contributed by atoms with E-state index < -0.39 is 19.1 Å². The second kappa shape index (κ2) is 7.69. The Balaban J connectivity index is 4.29. The molecule has 1 amide bonds. The maximum Gasteiger partial charge on any atom is 0.475 e. The summed E-state index contributed by atoms with van der Waals surface area (Å²) in [6.07, 6.45) is 1.10. The summed E-state index contributed by atoms with van der Waals surface area (Å²) >= 11 is 0. The monoisotopic (exact) mass is 244 g/mol. The van der Waals surface area contributed by atoms with Gasteiger partial charge in [0.15, 0.2) is 0 Å². The van der Waals surface area contributed by atoms with Crippen molar-refractivity contribution in [2.75, 3.05) is 0 Å². The minimum absolute atomic E-state index is 0.267. The second-order valence-corrected chi connectivity index (χ2v) is 5.39. The fraction of sp³-hybridized carbons (Fsp3) is 0.909. The summed E-state index contributed by atoms with van der Waals surface area (Å²) in [6, 6.07) is -0.594. The standard InChI is InChI=1S/C11H25BN2O3/c1-7(2)5-9(13)11(15)14-10(12(16)17)6-8(3)4/h7-10,16-17H,5-6,13H2,1-4H3,(H,14,15)/t9-,10-/m0/s1. The van der Waals surface area contributed by atoms with E-state index in [1.807, 2.05) is 27.7 Å². The first-order valence-corrected chi connectivity index (χ1v) is 6.16. The third-order valence-electron chi connectivity index (χ3n) is 2.47. The van der Waals surface area contributed by atoms with Crippen molar-refractivity contribution >= 4 is 13.0 Å². The summed E-state index contributed by atoms with van der Waals surface area (Å²) in [5, 5.41) is 20.9. The van der Waals surface area contributed by atoms with Crippen molar-refractivity contribution in [3.05, 3.63) is 0 Å². The van der Waals surface area contributed by atoms with Crippen molar-refractivity contribution in [3.63, 3.8) is 0 Å². The van der Waals surface area contributed by atoms with Crippen LogP contribution in [0.15, 0.2) is 0 Å². The molecule has 0 saturated carbocycles. The van der Waals surface area contributed by atoms with Gasteiger partial charge >= 0.3 is 7.12 Å². The van der Waals surface area contributed by atoms with Crippen LogP contribution < -0.4 is 11.1 Å². The van der Waals surface area contributed by atoms with Gasteiger partial charge in [0.25, 0.3) is 0 Å². The number of hydrogen-bond donors (Lipinski definition) is 4. The first kappa shape index (κ1) is 16.4. The molecule has 0 radical (unpaired) electrons. The van der Waals surface area contributed by atoms with E-state index in [0.717, 1.165) is 0 Å². The van der Waals surface area contributed by atoms with Crippen molar-refractivity contribution in [1.82, 2.24) is 5.32 Å². The highest BCUT2D eigenvalue weighted by molar-refractivity contribution is 6.43. The second-order valence-electron chi connectivity index (χ2n) is 5.39. The largest absolute Gasteiger partial charge is 0.475 e. The van der Waals surface area contributed by atoms with E-state index >= 15 is 0 Å². The van der Waals surface area contributed by atoms with E-state index in [1.54, 1.807) is 0 Å². The van der Waals surface area contributed by atoms with Gasteiger partial charge in [-0.2, -0.15) is 0 Å².